The van der Waals surface area contributed by atoms with E-state index in [9.17, 15) is 5.11 Å². The van der Waals surface area contributed by atoms with Crippen molar-refractivity contribution in [3.63, 3.8) is 0 Å². The molecule has 0 heterocycles. The van der Waals surface area contributed by atoms with Crippen molar-refractivity contribution < 1.29 is 10.3 Å². The Bertz CT molecular complexity index is 532. The van der Waals surface area contributed by atoms with Crippen LogP contribution in [0.3, 0.4) is 0 Å². The average molecular weight is 201 g/mol. The third-order valence-corrected chi connectivity index (χ3v) is 2.40. The van der Waals surface area contributed by atoms with Crippen LogP contribution in [0.2, 0.25) is 0 Å². The van der Waals surface area contributed by atoms with Gasteiger partial charge in [-0.1, -0.05) is 29.4 Å². The summed E-state index contributed by atoms with van der Waals surface area (Å²) in [7, 11) is 0. The maximum atomic E-state index is 9.72. The van der Waals surface area contributed by atoms with Crippen LogP contribution in [0.25, 0.3) is 10.8 Å². The van der Waals surface area contributed by atoms with Crippen LogP contribution in [0.5, 0.6) is 5.75 Å². The summed E-state index contributed by atoms with van der Waals surface area (Å²) in [6, 6.07) is 11.2. The second-order valence-electron chi connectivity index (χ2n) is 3.40. The highest BCUT2D eigenvalue weighted by Gasteiger charge is 2.06. The molecule has 0 amide bonds. The zero-order valence-electron chi connectivity index (χ0n) is 8.31. The number of aromatic hydroxyl groups is 1. The molecular formula is C12H11NO2. The third-order valence-electron chi connectivity index (χ3n) is 2.40. The molecule has 3 heteroatoms. The molecule has 2 aromatic rings. The summed E-state index contributed by atoms with van der Waals surface area (Å²) in [6.45, 7) is 1.64. The fourth-order valence-corrected chi connectivity index (χ4v) is 1.57. The van der Waals surface area contributed by atoms with Gasteiger partial charge in [0.15, 0.2) is 0 Å². The van der Waals surface area contributed by atoms with Crippen LogP contribution in [-0.2, 0) is 0 Å². The van der Waals surface area contributed by atoms with Gasteiger partial charge in [0, 0.05) is 5.56 Å². The van der Waals surface area contributed by atoms with Crippen molar-refractivity contribution in [2.45, 2.75) is 6.92 Å². The van der Waals surface area contributed by atoms with Gasteiger partial charge in [-0.3, -0.25) is 0 Å². The highest BCUT2D eigenvalue weighted by molar-refractivity contribution is 6.04. The predicted octanol–water partition coefficient (Wildman–Crippen LogP) is 2.74. The van der Waals surface area contributed by atoms with Gasteiger partial charge in [0.1, 0.15) is 5.75 Å². The third kappa shape index (κ3) is 1.64. The van der Waals surface area contributed by atoms with Crippen molar-refractivity contribution in [1.29, 1.82) is 0 Å². The van der Waals surface area contributed by atoms with Gasteiger partial charge in [0.2, 0.25) is 0 Å². The molecule has 15 heavy (non-hydrogen) atoms. The Morgan fingerprint density at radius 3 is 2.33 bits per heavy atom. The van der Waals surface area contributed by atoms with E-state index in [1.54, 1.807) is 19.1 Å². The molecule has 2 aromatic carbocycles. The van der Waals surface area contributed by atoms with Gasteiger partial charge in [-0.25, -0.2) is 0 Å². The van der Waals surface area contributed by atoms with Crippen LogP contribution in [0.15, 0.2) is 41.6 Å². The lowest BCUT2D eigenvalue weighted by Crippen LogP contribution is -1.94. The summed E-state index contributed by atoms with van der Waals surface area (Å²) >= 11 is 0. The molecular weight excluding hydrogens is 190 g/mol. The van der Waals surface area contributed by atoms with E-state index >= 15 is 0 Å². The number of fused-ring (bicyclic) bond motifs is 1. The number of oxime groups is 1. The standard InChI is InChI=1S/C12H11NO2/c1-8(13-15)11-6-9-4-2-3-5-10(9)7-12(11)14/h2-7,14-15H,1H3/b13-8+. The normalized spacial score (nSPS) is 11.9. The molecule has 0 aliphatic carbocycles. The van der Waals surface area contributed by atoms with Crippen LogP contribution in [0.1, 0.15) is 12.5 Å². The van der Waals surface area contributed by atoms with E-state index < -0.39 is 0 Å². The molecule has 0 saturated heterocycles. The minimum atomic E-state index is 0.129. The molecule has 2 rings (SSSR count). The molecule has 0 aromatic heterocycles. The largest absolute Gasteiger partial charge is 0.507 e. The number of phenolic OH excluding ortho intramolecular Hbond substituents is 1. The first-order chi connectivity index (χ1) is 7.22. The average Bonchev–Trinajstić information content (AvgIpc) is 2.27. The Balaban J connectivity index is 2.72. The lowest BCUT2D eigenvalue weighted by molar-refractivity contribution is 0.319. The number of benzene rings is 2. The molecule has 0 aliphatic rings. The van der Waals surface area contributed by atoms with Crippen LogP contribution in [0, 0.1) is 0 Å². The Labute approximate surface area is 87.3 Å². The molecule has 0 aliphatic heterocycles. The van der Waals surface area contributed by atoms with Gasteiger partial charge >= 0.3 is 0 Å². The summed E-state index contributed by atoms with van der Waals surface area (Å²) in [6.07, 6.45) is 0. The SMILES string of the molecule is C/C(=N\O)c1cc2ccccc2cc1O. The number of rotatable bonds is 1. The number of nitrogens with zero attached hydrogens (tertiary/aromatic N) is 1. The van der Waals surface area contributed by atoms with Gasteiger partial charge in [-0.15, -0.1) is 0 Å². The molecule has 0 saturated carbocycles. The summed E-state index contributed by atoms with van der Waals surface area (Å²) in [5, 5.41) is 23.4. The van der Waals surface area contributed by atoms with Gasteiger partial charge in [0.05, 0.1) is 5.71 Å². The quantitative estimate of drug-likeness (QED) is 0.423. The van der Waals surface area contributed by atoms with Crippen LogP contribution in [-0.4, -0.2) is 16.0 Å². The van der Waals surface area contributed by atoms with E-state index in [1.165, 1.54) is 0 Å². The molecule has 76 valence electrons. The Morgan fingerprint density at radius 1 is 1.13 bits per heavy atom. The summed E-state index contributed by atoms with van der Waals surface area (Å²) in [4.78, 5) is 0. The van der Waals surface area contributed by atoms with Crippen LogP contribution >= 0.6 is 0 Å². The molecule has 3 nitrogen and oxygen atoms in total. The van der Waals surface area contributed by atoms with Crippen molar-refractivity contribution >= 4 is 16.5 Å². The van der Waals surface area contributed by atoms with E-state index in [1.807, 2.05) is 24.3 Å². The van der Waals surface area contributed by atoms with Gasteiger partial charge < -0.3 is 10.3 Å². The summed E-state index contributed by atoms with van der Waals surface area (Å²) in [5.74, 6) is 0.129. The Hall–Kier alpha value is -2.03. The maximum absolute atomic E-state index is 9.72. The number of hydrogen-bond donors (Lipinski definition) is 2. The smallest absolute Gasteiger partial charge is 0.125 e. The fourth-order valence-electron chi connectivity index (χ4n) is 1.57. The van der Waals surface area contributed by atoms with Gasteiger partial charge in [-0.05, 0) is 29.8 Å². The first-order valence-corrected chi connectivity index (χ1v) is 4.63. The topological polar surface area (TPSA) is 52.8 Å². The van der Waals surface area contributed by atoms with E-state index in [2.05, 4.69) is 5.16 Å². The molecule has 0 radical (unpaired) electrons. The van der Waals surface area contributed by atoms with E-state index in [0.29, 0.717) is 11.3 Å². The lowest BCUT2D eigenvalue weighted by Gasteiger charge is -2.05. The second kappa shape index (κ2) is 3.61. The van der Waals surface area contributed by atoms with Crippen LogP contribution in [0.4, 0.5) is 0 Å². The molecule has 0 spiro atoms. The molecule has 0 unspecified atom stereocenters. The predicted molar refractivity (Wildman–Crippen MR) is 59.6 cm³/mol. The fraction of sp³-hybridized carbons (Fsp3) is 0.0833. The van der Waals surface area contributed by atoms with E-state index in [0.717, 1.165) is 10.8 Å². The molecule has 2 N–H and O–H groups in total. The first-order valence-electron chi connectivity index (χ1n) is 4.63. The van der Waals surface area contributed by atoms with E-state index in [4.69, 9.17) is 5.21 Å². The zero-order chi connectivity index (χ0) is 10.8. The Kier molecular flexibility index (Phi) is 2.29. The second-order valence-corrected chi connectivity index (χ2v) is 3.40. The number of phenols is 1. The van der Waals surface area contributed by atoms with Crippen molar-refractivity contribution in [1.82, 2.24) is 0 Å². The van der Waals surface area contributed by atoms with Crippen molar-refractivity contribution in [2.24, 2.45) is 5.16 Å². The van der Waals surface area contributed by atoms with Crippen LogP contribution < -0.4 is 0 Å². The van der Waals surface area contributed by atoms with Gasteiger partial charge in [0.25, 0.3) is 0 Å². The molecule has 0 atom stereocenters. The van der Waals surface area contributed by atoms with E-state index in [-0.39, 0.29) is 5.75 Å². The van der Waals surface area contributed by atoms with Crippen molar-refractivity contribution in [3.8, 4) is 5.75 Å². The lowest BCUT2D eigenvalue weighted by atomic mass is 10.0. The minimum Gasteiger partial charge on any atom is -0.507 e. The highest BCUT2D eigenvalue weighted by Crippen LogP contribution is 2.25. The maximum Gasteiger partial charge on any atom is 0.125 e. The zero-order valence-corrected chi connectivity index (χ0v) is 8.31. The Morgan fingerprint density at radius 2 is 1.73 bits per heavy atom. The first kappa shape index (κ1) is 9.52. The summed E-state index contributed by atoms with van der Waals surface area (Å²) in [5.41, 5.74) is 0.953. The summed E-state index contributed by atoms with van der Waals surface area (Å²) < 4.78 is 0. The van der Waals surface area contributed by atoms with Gasteiger partial charge in [-0.2, -0.15) is 0 Å². The van der Waals surface area contributed by atoms with Crippen molar-refractivity contribution in [2.75, 3.05) is 0 Å². The monoisotopic (exact) mass is 201 g/mol. The van der Waals surface area contributed by atoms with Crippen molar-refractivity contribution in [3.05, 3.63) is 42.0 Å². The molecule has 0 bridgehead atoms. The minimum absolute atomic E-state index is 0.129. The highest BCUT2D eigenvalue weighted by atomic mass is 16.4. The number of hydrogen-bond acceptors (Lipinski definition) is 3. The molecule has 0 fully saturated rings.